The van der Waals surface area contributed by atoms with E-state index in [1.807, 2.05) is 12.1 Å². The van der Waals surface area contributed by atoms with Crippen LogP contribution in [0.5, 0.6) is 23.1 Å². The van der Waals surface area contributed by atoms with Gasteiger partial charge in [-0.3, -0.25) is 4.90 Å². The quantitative estimate of drug-likeness (QED) is 0.676. The van der Waals surface area contributed by atoms with Gasteiger partial charge in [-0.25, -0.2) is 4.98 Å². The van der Waals surface area contributed by atoms with Gasteiger partial charge in [0.1, 0.15) is 6.33 Å². The molecular formula is C19H24N4O4S. The Morgan fingerprint density at radius 3 is 2.43 bits per heavy atom. The smallest absolute Gasteiger partial charge is 0.230 e. The number of nitrogens with zero attached hydrogens (tertiary/aromatic N) is 4. The van der Waals surface area contributed by atoms with Crippen molar-refractivity contribution >= 4 is 16.3 Å². The normalized spacial score (nSPS) is 16.2. The number of fused-ring (bicyclic) bond motifs is 1. The predicted molar refractivity (Wildman–Crippen MR) is 106 cm³/mol. The molecule has 4 rings (SSSR count). The maximum absolute atomic E-state index is 10.9. The van der Waals surface area contributed by atoms with Crippen LogP contribution >= 0.6 is 11.3 Å². The van der Waals surface area contributed by atoms with Crippen LogP contribution in [0.4, 0.5) is 0 Å². The second kappa shape index (κ2) is 7.84. The van der Waals surface area contributed by atoms with E-state index in [2.05, 4.69) is 15.0 Å². The first kappa shape index (κ1) is 18.8. The van der Waals surface area contributed by atoms with Crippen molar-refractivity contribution in [2.75, 3.05) is 34.4 Å². The molecule has 1 aromatic carbocycles. The molecule has 9 heteroatoms. The van der Waals surface area contributed by atoms with E-state index in [-0.39, 0.29) is 11.9 Å². The number of aromatic hydroxyl groups is 1. The largest absolute Gasteiger partial charge is 0.493 e. The third kappa shape index (κ3) is 3.04. The van der Waals surface area contributed by atoms with Crippen LogP contribution in [0.2, 0.25) is 0 Å². The highest BCUT2D eigenvalue weighted by Gasteiger charge is 2.33. The third-order valence-corrected chi connectivity index (χ3v) is 6.26. The first-order valence-electron chi connectivity index (χ1n) is 9.23. The van der Waals surface area contributed by atoms with Gasteiger partial charge in [0.2, 0.25) is 16.6 Å². The van der Waals surface area contributed by atoms with Crippen LogP contribution in [0.1, 0.15) is 35.7 Å². The number of rotatable bonds is 6. The molecule has 0 saturated carbocycles. The fourth-order valence-electron chi connectivity index (χ4n) is 3.89. The monoisotopic (exact) mass is 404 g/mol. The number of aromatic nitrogens is 3. The Kier molecular flexibility index (Phi) is 5.27. The Bertz CT molecular complexity index is 964. The van der Waals surface area contributed by atoms with Gasteiger partial charge in [0.05, 0.1) is 32.2 Å². The van der Waals surface area contributed by atoms with Crippen molar-refractivity contribution in [2.24, 2.45) is 0 Å². The summed E-state index contributed by atoms with van der Waals surface area (Å²) in [5.41, 5.74) is 0.918. The van der Waals surface area contributed by atoms with Crippen LogP contribution in [-0.4, -0.2) is 59.0 Å². The average molecular weight is 404 g/mol. The summed E-state index contributed by atoms with van der Waals surface area (Å²) >= 11 is 1.44. The molecule has 1 fully saturated rings. The summed E-state index contributed by atoms with van der Waals surface area (Å²) in [6, 6.07) is 3.67. The van der Waals surface area contributed by atoms with Gasteiger partial charge >= 0.3 is 0 Å². The first-order valence-corrected chi connectivity index (χ1v) is 10.1. The lowest BCUT2D eigenvalue weighted by molar-refractivity contribution is 0.183. The van der Waals surface area contributed by atoms with Gasteiger partial charge in [-0.2, -0.15) is 9.61 Å². The zero-order valence-corrected chi connectivity index (χ0v) is 17.0. The molecule has 1 saturated heterocycles. The van der Waals surface area contributed by atoms with E-state index >= 15 is 0 Å². The van der Waals surface area contributed by atoms with Gasteiger partial charge in [0.15, 0.2) is 11.5 Å². The Hall–Kier alpha value is -2.52. The van der Waals surface area contributed by atoms with Gasteiger partial charge in [0, 0.05) is 5.56 Å². The highest BCUT2D eigenvalue weighted by atomic mass is 32.1. The summed E-state index contributed by atoms with van der Waals surface area (Å²) in [5.74, 6) is 1.87. The zero-order chi connectivity index (χ0) is 19.7. The lowest BCUT2D eigenvalue weighted by Crippen LogP contribution is -2.34. The molecule has 0 aliphatic carbocycles. The number of methoxy groups -OCH3 is 3. The lowest BCUT2D eigenvalue weighted by Gasteiger charge is -2.35. The molecule has 3 aromatic rings. The summed E-state index contributed by atoms with van der Waals surface area (Å²) < 4.78 is 18.3. The van der Waals surface area contributed by atoms with E-state index in [0.29, 0.717) is 22.2 Å². The van der Waals surface area contributed by atoms with Crippen molar-refractivity contribution in [1.82, 2.24) is 19.5 Å². The molecule has 1 aliphatic heterocycles. The van der Waals surface area contributed by atoms with E-state index in [1.165, 1.54) is 28.6 Å². The molecule has 2 aromatic heterocycles. The lowest BCUT2D eigenvalue weighted by atomic mass is 9.98. The summed E-state index contributed by atoms with van der Waals surface area (Å²) in [5, 5.41) is 15.0. The molecule has 8 nitrogen and oxygen atoms in total. The molecule has 0 bridgehead atoms. The van der Waals surface area contributed by atoms with Crippen LogP contribution in [0.15, 0.2) is 18.5 Å². The van der Waals surface area contributed by atoms with Crippen molar-refractivity contribution in [3.63, 3.8) is 0 Å². The first-order chi connectivity index (χ1) is 13.7. The van der Waals surface area contributed by atoms with Crippen molar-refractivity contribution in [1.29, 1.82) is 0 Å². The SMILES string of the molecule is COc1ccc([C@@H](c2sc3ncnn3c2O)N2CCCCC2)c(OC)c1OC. The molecule has 0 radical (unpaired) electrons. The molecule has 1 atom stereocenters. The minimum absolute atomic E-state index is 0.116. The topological polar surface area (TPSA) is 81.4 Å². The second-order valence-electron chi connectivity index (χ2n) is 6.67. The number of piperidine rings is 1. The van der Waals surface area contributed by atoms with Gasteiger partial charge in [-0.1, -0.05) is 17.8 Å². The maximum atomic E-state index is 10.9. The zero-order valence-electron chi connectivity index (χ0n) is 16.2. The standard InChI is InChI=1S/C19H24N4O4S/c1-25-13-8-7-12(15(26-2)16(13)27-3)14(22-9-5-4-6-10-22)17-18(24)23-19(28-17)20-11-21-23/h7-8,11,14,24H,4-6,9-10H2,1-3H3/t14-/m0/s1. The average Bonchev–Trinajstić information content (AvgIpc) is 3.32. The van der Waals surface area contributed by atoms with E-state index < -0.39 is 0 Å². The molecule has 3 heterocycles. The fraction of sp³-hybridized carbons (Fsp3) is 0.474. The minimum atomic E-state index is -0.191. The molecule has 0 unspecified atom stereocenters. The van der Waals surface area contributed by atoms with Crippen LogP contribution < -0.4 is 14.2 Å². The summed E-state index contributed by atoms with van der Waals surface area (Å²) in [6.07, 6.45) is 4.90. The van der Waals surface area contributed by atoms with E-state index in [9.17, 15) is 5.11 Å². The Morgan fingerprint density at radius 1 is 1.04 bits per heavy atom. The van der Waals surface area contributed by atoms with E-state index in [4.69, 9.17) is 14.2 Å². The Labute approximate surface area is 167 Å². The van der Waals surface area contributed by atoms with Crippen molar-refractivity contribution in [2.45, 2.75) is 25.3 Å². The van der Waals surface area contributed by atoms with Crippen LogP contribution in [-0.2, 0) is 0 Å². The Morgan fingerprint density at radius 2 is 1.79 bits per heavy atom. The number of benzene rings is 1. The van der Waals surface area contributed by atoms with Crippen molar-refractivity contribution in [3.8, 4) is 23.1 Å². The van der Waals surface area contributed by atoms with E-state index in [0.717, 1.165) is 36.4 Å². The molecule has 28 heavy (non-hydrogen) atoms. The number of hydrogen-bond donors (Lipinski definition) is 1. The number of thiazole rings is 1. The molecular weight excluding hydrogens is 380 g/mol. The Balaban J connectivity index is 1.91. The summed E-state index contributed by atoms with van der Waals surface area (Å²) in [4.78, 5) is 8.07. The molecule has 0 amide bonds. The van der Waals surface area contributed by atoms with Gasteiger partial charge in [0.25, 0.3) is 0 Å². The van der Waals surface area contributed by atoms with Crippen LogP contribution in [0, 0.1) is 0 Å². The van der Waals surface area contributed by atoms with Crippen LogP contribution in [0.25, 0.3) is 4.96 Å². The third-order valence-electron chi connectivity index (χ3n) is 5.17. The van der Waals surface area contributed by atoms with Crippen molar-refractivity contribution < 1.29 is 19.3 Å². The second-order valence-corrected chi connectivity index (χ2v) is 7.68. The van der Waals surface area contributed by atoms with E-state index in [1.54, 1.807) is 21.3 Å². The maximum Gasteiger partial charge on any atom is 0.230 e. The van der Waals surface area contributed by atoms with Crippen LogP contribution in [0.3, 0.4) is 0 Å². The number of ether oxygens (including phenoxy) is 3. The minimum Gasteiger partial charge on any atom is -0.493 e. The summed E-state index contributed by atoms with van der Waals surface area (Å²) in [6.45, 7) is 1.88. The fourth-order valence-corrected chi connectivity index (χ4v) is 4.97. The van der Waals surface area contributed by atoms with Crippen molar-refractivity contribution in [3.05, 3.63) is 28.9 Å². The highest BCUT2D eigenvalue weighted by Crippen LogP contribution is 2.48. The number of likely N-dealkylation sites (tertiary alicyclic amines) is 1. The predicted octanol–water partition coefficient (Wildman–Crippen LogP) is 3.10. The summed E-state index contributed by atoms with van der Waals surface area (Å²) in [7, 11) is 4.82. The van der Waals surface area contributed by atoms with Gasteiger partial charge in [-0.05, 0) is 38.1 Å². The highest BCUT2D eigenvalue weighted by molar-refractivity contribution is 7.17. The molecule has 1 aliphatic rings. The molecule has 150 valence electrons. The number of hydrogen-bond acceptors (Lipinski definition) is 8. The molecule has 0 spiro atoms. The molecule has 1 N–H and O–H groups in total. The van der Waals surface area contributed by atoms with Gasteiger partial charge < -0.3 is 19.3 Å². The van der Waals surface area contributed by atoms with Gasteiger partial charge in [-0.15, -0.1) is 0 Å².